The molecule has 0 aromatic heterocycles. The summed E-state index contributed by atoms with van der Waals surface area (Å²) in [5.41, 5.74) is 2.44. The standard InChI is InChI=1S/C19H17ClN2O3S/c1-25-17-8-3-2-7-15(17)22-18(24)11-26-10-12-9-16(23)13-5-4-6-14(20)19(13)21-12/h2-8H,9-11H2,1H3,(H,22,24). The lowest BCUT2D eigenvalue weighted by atomic mass is 10.0. The summed E-state index contributed by atoms with van der Waals surface area (Å²) in [6.45, 7) is 0. The Morgan fingerprint density at radius 2 is 2.08 bits per heavy atom. The van der Waals surface area contributed by atoms with Gasteiger partial charge >= 0.3 is 0 Å². The summed E-state index contributed by atoms with van der Waals surface area (Å²) >= 11 is 7.54. The predicted octanol–water partition coefficient (Wildman–Crippen LogP) is 4.38. The van der Waals surface area contributed by atoms with Crippen molar-refractivity contribution >= 4 is 52.1 Å². The number of halogens is 1. The number of nitrogens with one attached hydrogen (secondary N) is 1. The van der Waals surface area contributed by atoms with E-state index in [2.05, 4.69) is 10.3 Å². The second-order valence-corrected chi connectivity index (χ2v) is 7.05. The van der Waals surface area contributed by atoms with Gasteiger partial charge in [-0.2, -0.15) is 0 Å². The SMILES string of the molecule is COc1ccccc1NC(=O)CSCC1=Nc2c(Cl)cccc2C(=O)C1. The van der Waals surface area contributed by atoms with Crippen molar-refractivity contribution in [3.8, 4) is 5.75 Å². The average molecular weight is 389 g/mol. The zero-order chi connectivity index (χ0) is 18.5. The Bertz CT molecular complexity index is 883. The lowest BCUT2D eigenvalue weighted by molar-refractivity contribution is -0.113. The molecule has 5 nitrogen and oxygen atoms in total. The van der Waals surface area contributed by atoms with Crippen LogP contribution in [0.4, 0.5) is 11.4 Å². The molecule has 0 atom stereocenters. The molecule has 2 aromatic rings. The summed E-state index contributed by atoms with van der Waals surface area (Å²) in [4.78, 5) is 28.8. The van der Waals surface area contributed by atoms with Gasteiger partial charge in [0.2, 0.25) is 5.91 Å². The first-order valence-corrected chi connectivity index (χ1v) is 9.50. The molecule has 1 N–H and O–H groups in total. The highest BCUT2D eigenvalue weighted by Crippen LogP contribution is 2.33. The van der Waals surface area contributed by atoms with Crippen LogP contribution in [0.1, 0.15) is 16.8 Å². The zero-order valence-corrected chi connectivity index (χ0v) is 15.7. The fourth-order valence-corrected chi connectivity index (χ4v) is 3.59. The Labute approximate surface area is 160 Å². The molecule has 0 unspecified atom stereocenters. The van der Waals surface area contributed by atoms with E-state index in [9.17, 15) is 9.59 Å². The van der Waals surface area contributed by atoms with Gasteiger partial charge in [-0.25, -0.2) is 0 Å². The monoisotopic (exact) mass is 388 g/mol. The molecule has 3 rings (SSSR count). The van der Waals surface area contributed by atoms with E-state index in [0.29, 0.717) is 33.5 Å². The van der Waals surface area contributed by atoms with Crippen molar-refractivity contribution in [2.45, 2.75) is 6.42 Å². The Morgan fingerprint density at radius 1 is 1.27 bits per heavy atom. The molecule has 1 aliphatic heterocycles. The number of Topliss-reactive ketones (excluding diaryl/α,β-unsaturated/α-hetero) is 1. The number of fused-ring (bicyclic) bond motifs is 1. The minimum absolute atomic E-state index is 0.00609. The number of aliphatic imine (C=N–C) groups is 1. The Hall–Kier alpha value is -2.31. The number of methoxy groups -OCH3 is 1. The van der Waals surface area contributed by atoms with E-state index in [1.165, 1.54) is 11.8 Å². The molecule has 7 heteroatoms. The lowest BCUT2D eigenvalue weighted by Crippen LogP contribution is -2.18. The molecule has 134 valence electrons. The predicted molar refractivity (Wildman–Crippen MR) is 106 cm³/mol. The second-order valence-electron chi connectivity index (χ2n) is 5.66. The third-order valence-corrected chi connectivity index (χ3v) is 5.11. The number of hydrogen-bond donors (Lipinski definition) is 1. The first kappa shape index (κ1) is 18.5. The van der Waals surface area contributed by atoms with Crippen molar-refractivity contribution in [1.82, 2.24) is 0 Å². The van der Waals surface area contributed by atoms with Crippen LogP contribution in [0.2, 0.25) is 5.02 Å². The van der Waals surface area contributed by atoms with Crippen LogP contribution in [-0.4, -0.2) is 36.0 Å². The number of carbonyl (C=O) groups excluding carboxylic acids is 2. The number of benzene rings is 2. The topological polar surface area (TPSA) is 67.8 Å². The van der Waals surface area contributed by atoms with Crippen molar-refractivity contribution in [2.24, 2.45) is 4.99 Å². The van der Waals surface area contributed by atoms with Crippen LogP contribution in [0.15, 0.2) is 47.5 Å². The van der Waals surface area contributed by atoms with Gasteiger partial charge in [0.25, 0.3) is 0 Å². The first-order valence-electron chi connectivity index (χ1n) is 7.97. The van der Waals surface area contributed by atoms with Gasteiger partial charge in [-0.15, -0.1) is 11.8 Å². The maximum Gasteiger partial charge on any atom is 0.234 e. The molecule has 1 heterocycles. The number of para-hydroxylation sites is 3. The van der Waals surface area contributed by atoms with Crippen molar-refractivity contribution in [3.63, 3.8) is 0 Å². The molecule has 0 bridgehead atoms. The van der Waals surface area contributed by atoms with Crippen LogP contribution in [0.25, 0.3) is 0 Å². The summed E-state index contributed by atoms with van der Waals surface area (Å²) in [5.74, 6) is 1.22. The Balaban J connectivity index is 1.57. The van der Waals surface area contributed by atoms with Crippen molar-refractivity contribution in [3.05, 3.63) is 53.1 Å². The lowest BCUT2D eigenvalue weighted by Gasteiger charge is -2.15. The van der Waals surface area contributed by atoms with Crippen LogP contribution in [0, 0.1) is 0 Å². The van der Waals surface area contributed by atoms with Crippen LogP contribution in [0.5, 0.6) is 5.75 Å². The number of nitrogens with zero attached hydrogens (tertiary/aromatic N) is 1. The Kier molecular flexibility index (Phi) is 5.96. The van der Waals surface area contributed by atoms with Gasteiger partial charge in [0.15, 0.2) is 5.78 Å². The number of hydrogen-bond acceptors (Lipinski definition) is 5. The molecule has 0 fully saturated rings. The summed E-state index contributed by atoms with van der Waals surface area (Å²) in [6.07, 6.45) is 0.258. The average Bonchev–Trinajstić information content (AvgIpc) is 2.63. The molecule has 1 aliphatic rings. The van der Waals surface area contributed by atoms with Gasteiger partial charge in [0.1, 0.15) is 5.75 Å². The Morgan fingerprint density at radius 3 is 2.88 bits per heavy atom. The summed E-state index contributed by atoms with van der Waals surface area (Å²) in [5, 5.41) is 3.28. The zero-order valence-electron chi connectivity index (χ0n) is 14.1. The summed E-state index contributed by atoms with van der Waals surface area (Å²) in [7, 11) is 1.56. The number of amides is 1. The first-order chi connectivity index (χ1) is 12.6. The highest BCUT2D eigenvalue weighted by molar-refractivity contribution is 8.00. The van der Waals surface area contributed by atoms with Crippen molar-refractivity contribution in [2.75, 3.05) is 23.9 Å². The van der Waals surface area contributed by atoms with E-state index in [4.69, 9.17) is 16.3 Å². The molecule has 0 spiro atoms. The van der Waals surface area contributed by atoms with E-state index in [1.54, 1.807) is 37.4 Å². The minimum atomic E-state index is -0.138. The molecule has 0 aliphatic carbocycles. The van der Waals surface area contributed by atoms with Crippen LogP contribution in [-0.2, 0) is 4.79 Å². The second kappa shape index (κ2) is 8.38. The van der Waals surface area contributed by atoms with E-state index >= 15 is 0 Å². The summed E-state index contributed by atoms with van der Waals surface area (Å²) < 4.78 is 5.21. The number of rotatable bonds is 6. The van der Waals surface area contributed by atoms with Gasteiger partial charge in [0.05, 0.1) is 35.7 Å². The maximum atomic E-state index is 12.2. The number of thioether (sulfide) groups is 1. The number of anilines is 1. The van der Waals surface area contributed by atoms with E-state index in [0.717, 1.165) is 5.71 Å². The molecule has 0 radical (unpaired) electrons. The van der Waals surface area contributed by atoms with Gasteiger partial charge < -0.3 is 10.1 Å². The summed E-state index contributed by atoms with van der Waals surface area (Å²) in [6, 6.07) is 12.4. The molecule has 2 aromatic carbocycles. The molecular weight excluding hydrogens is 372 g/mol. The van der Waals surface area contributed by atoms with E-state index < -0.39 is 0 Å². The number of ether oxygens (including phenoxy) is 1. The quantitative estimate of drug-likeness (QED) is 0.797. The maximum absolute atomic E-state index is 12.2. The fourth-order valence-electron chi connectivity index (χ4n) is 2.61. The number of carbonyl (C=O) groups is 2. The largest absolute Gasteiger partial charge is 0.495 e. The van der Waals surface area contributed by atoms with Gasteiger partial charge in [-0.05, 0) is 24.3 Å². The van der Waals surface area contributed by atoms with Gasteiger partial charge in [-0.3, -0.25) is 14.6 Å². The highest BCUT2D eigenvalue weighted by atomic mass is 35.5. The van der Waals surface area contributed by atoms with Gasteiger partial charge in [-0.1, -0.05) is 29.8 Å². The van der Waals surface area contributed by atoms with E-state index in [-0.39, 0.29) is 23.9 Å². The fraction of sp³-hybridized carbons (Fsp3) is 0.211. The van der Waals surface area contributed by atoms with Crippen molar-refractivity contribution < 1.29 is 14.3 Å². The molecule has 0 saturated carbocycles. The third-order valence-electron chi connectivity index (χ3n) is 3.80. The number of ketones is 1. The van der Waals surface area contributed by atoms with Crippen LogP contribution < -0.4 is 10.1 Å². The molecule has 26 heavy (non-hydrogen) atoms. The molecule has 1 amide bonds. The minimum Gasteiger partial charge on any atom is -0.495 e. The van der Waals surface area contributed by atoms with E-state index in [1.807, 2.05) is 12.1 Å². The van der Waals surface area contributed by atoms with Crippen LogP contribution >= 0.6 is 23.4 Å². The smallest absolute Gasteiger partial charge is 0.234 e. The molecular formula is C19H17ClN2O3S. The molecule has 0 saturated heterocycles. The third kappa shape index (κ3) is 4.26. The van der Waals surface area contributed by atoms with Crippen molar-refractivity contribution in [1.29, 1.82) is 0 Å². The van der Waals surface area contributed by atoms with Gasteiger partial charge in [0, 0.05) is 17.0 Å². The normalized spacial score (nSPS) is 13.0. The highest BCUT2D eigenvalue weighted by Gasteiger charge is 2.21. The van der Waals surface area contributed by atoms with Crippen LogP contribution in [0.3, 0.4) is 0 Å².